The summed E-state index contributed by atoms with van der Waals surface area (Å²) in [5.41, 5.74) is 0. The average molecular weight is 265 g/mol. The van der Waals surface area contributed by atoms with E-state index in [2.05, 4.69) is 48.8 Å². The molecule has 2 rings (SSSR count). The number of aromatic nitrogens is 2. The smallest absolute Gasteiger partial charge is 0.110 e. The highest BCUT2D eigenvalue weighted by molar-refractivity contribution is 5.00. The molecule has 2 heterocycles. The van der Waals surface area contributed by atoms with Gasteiger partial charge in [0.1, 0.15) is 5.82 Å². The lowest BCUT2D eigenvalue weighted by Gasteiger charge is -2.28. The van der Waals surface area contributed by atoms with Gasteiger partial charge in [0, 0.05) is 37.3 Å². The maximum absolute atomic E-state index is 5.98. The number of ether oxygens (including phenoxy) is 1. The van der Waals surface area contributed by atoms with Crippen LogP contribution in [0.3, 0.4) is 0 Å². The molecule has 5 atom stereocenters. The molecule has 5 unspecified atom stereocenters. The summed E-state index contributed by atoms with van der Waals surface area (Å²) >= 11 is 0. The summed E-state index contributed by atoms with van der Waals surface area (Å²) < 4.78 is 8.20. The van der Waals surface area contributed by atoms with E-state index in [1.54, 1.807) is 0 Å². The Hall–Kier alpha value is -0.870. The lowest BCUT2D eigenvalue weighted by Crippen LogP contribution is -2.42. The largest absolute Gasteiger partial charge is 0.375 e. The minimum Gasteiger partial charge on any atom is -0.375 e. The number of imidazole rings is 1. The molecular formula is C15H27N3O. The van der Waals surface area contributed by atoms with Crippen LogP contribution < -0.4 is 5.32 Å². The van der Waals surface area contributed by atoms with E-state index in [0.29, 0.717) is 30.1 Å². The molecule has 0 aliphatic carbocycles. The molecule has 0 spiro atoms. The maximum atomic E-state index is 5.98. The fourth-order valence-electron chi connectivity index (χ4n) is 3.43. The minimum absolute atomic E-state index is 0.312. The molecule has 0 aromatic carbocycles. The third-order valence-corrected chi connectivity index (χ3v) is 4.70. The molecule has 4 nitrogen and oxygen atoms in total. The first-order valence-corrected chi connectivity index (χ1v) is 7.41. The molecule has 0 amide bonds. The molecule has 19 heavy (non-hydrogen) atoms. The van der Waals surface area contributed by atoms with Crippen molar-refractivity contribution in [1.29, 1.82) is 0 Å². The Morgan fingerprint density at radius 1 is 1.37 bits per heavy atom. The van der Waals surface area contributed by atoms with Gasteiger partial charge < -0.3 is 14.6 Å². The Kier molecular flexibility index (Phi) is 4.63. The third kappa shape index (κ3) is 2.84. The van der Waals surface area contributed by atoms with Crippen LogP contribution in [0.5, 0.6) is 0 Å². The summed E-state index contributed by atoms with van der Waals surface area (Å²) in [5.74, 6) is 2.29. The van der Waals surface area contributed by atoms with Crippen LogP contribution >= 0.6 is 0 Å². The topological polar surface area (TPSA) is 39.1 Å². The standard InChI is InChI=1S/C15H27N3O/c1-6-18-8-7-17-14(18)9-13(16-5)15-10(2)11(3)19-12(15)4/h7-8,10-13,15-16H,6,9H2,1-5H3. The van der Waals surface area contributed by atoms with Gasteiger partial charge >= 0.3 is 0 Å². The number of nitrogens with zero attached hydrogens (tertiary/aromatic N) is 2. The number of hydrogen-bond donors (Lipinski definition) is 1. The number of rotatable bonds is 5. The fraction of sp³-hybridized carbons (Fsp3) is 0.800. The quantitative estimate of drug-likeness (QED) is 0.886. The van der Waals surface area contributed by atoms with Crippen molar-refractivity contribution in [3.05, 3.63) is 18.2 Å². The Bertz CT molecular complexity index is 404. The van der Waals surface area contributed by atoms with Crippen molar-refractivity contribution in [1.82, 2.24) is 14.9 Å². The number of nitrogens with one attached hydrogen (secondary N) is 1. The predicted octanol–water partition coefficient (Wildman–Crippen LogP) is 2.09. The molecule has 108 valence electrons. The molecule has 4 heteroatoms. The average Bonchev–Trinajstić information content (AvgIpc) is 2.93. The Labute approximate surface area is 116 Å². The number of likely N-dealkylation sites (N-methyl/N-ethyl adjacent to an activating group) is 1. The monoisotopic (exact) mass is 265 g/mol. The summed E-state index contributed by atoms with van der Waals surface area (Å²) in [5, 5.41) is 3.48. The highest BCUT2D eigenvalue weighted by atomic mass is 16.5. The van der Waals surface area contributed by atoms with Crippen LogP contribution in [0, 0.1) is 11.8 Å². The van der Waals surface area contributed by atoms with E-state index in [4.69, 9.17) is 4.74 Å². The first kappa shape index (κ1) is 14.5. The van der Waals surface area contributed by atoms with Gasteiger partial charge in [0.05, 0.1) is 12.2 Å². The highest BCUT2D eigenvalue weighted by Gasteiger charge is 2.41. The van der Waals surface area contributed by atoms with Gasteiger partial charge in [0.25, 0.3) is 0 Å². The van der Waals surface area contributed by atoms with Crippen molar-refractivity contribution >= 4 is 0 Å². The van der Waals surface area contributed by atoms with Gasteiger partial charge in [-0.25, -0.2) is 4.98 Å². The first-order valence-electron chi connectivity index (χ1n) is 7.41. The lowest BCUT2D eigenvalue weighted by molar-refractivity contribution is 0.0478. The zero-order valence-corrected chi connectivity index (χ0v) is 12.8. The Morgan fingerprint density at radius 3 is 2.63 bits per heavy atom. The molecule has 1 saturated heterocycles. The van der Waals surface area contributed by atoms with Crippen molar-refractivity contribution < 1.29 is 4.74 Å². The van der Waals surface area contributed by atoms with Crippen molar-refractivity contribution in [2.45, 2.75) is 58.9 Å². The molecule has 1 N–H and O–H groups in total. The van der Waals surface area contributed by atoms with E-state index in [9.17, 15) is 0 Å². The van der Waals surface area contributed by atoms with Crippen molar-refractivity contribution in [2.24, 2.45) is 11.8 Å². The molecule has 1 aliphatic rings. The molecular weight excluding hydrogens is 238 g/mol. The van der Waals surface area contributed by atoms with Gasteiger partial charge in [-0.2, -0.15) is 0 Å². The Balaban J connectivity index is 2.12. The van der Waals surface area contributed by atoms with E-state index < -0.39 is 0 Å². The summed E-state index contributed by atoms with van der Waals surface area (Å²) in [7, 11) is 2.05. The predicted molar refractivity (Wildman–Crippen MR) is 77.1 cm³/mol. The number of aryl methyl sites for hydroxylation is 1. The second-order valence-corrected chi connectivity index (χ2v) is 5.71. The summed E-state index contributed by atoms with van der Waals surface area (Å²) in [4.78, 5) is 4.50. The van der Waals surface area contributed by atoms with Crippen molar-refractivity contribution in [3.63, 3.8) is 0 Å². The maximum Gasteiger partial charge on any atom is 0.110 e. The van der Waals surface area contributed by atoms with Gasteiger partial charge in [-0.1, -0.05) is 6.92 Å². The molecule has 0 saturated carbocycles. The van der Waals surface area contributed by atoms with Crippen molar-refractivity contribution in [2.75, 3.05) is 7.05 Å². The van der Waals surface area contributed by atoms with E-state index in [0.717, 1.165) is 13.0 Å². The van der Waals surface area contributed by atoms with Crippen LogP contribution in [0.15, 0.2) is 12.4 Å². The van der Waals surface area contributed by atoms with Crippen LogP contribution in [0.2, 0.25) is 0 Å². The molecule has 1 aromatic heterocycles. The summed E-state index contributed by atoms with van der Waals surface area (Å²) in [6.45, 7) is 9.82. The van der Waals surface area contributed by atoms with Crippen LogP contribution in [-0.2, 0) is 17.7 Å². The first-order chi connectivity index (χ1) is 9.08. The molecule has 0 bridgehead atoms. The minimum atomic E-state index is 0.312. The molecule has 0 radical (unpaired) electrons. The van der Waals surface area contributed by atoms with Crippen molar-refractivity contribution in [3.8, 4) is 0 Å². The molecule has 1 aromatic rings. The van der Waals surface area contributed by atoms with Gasteiger partial charge in [0.2, 0.25) is 0 Å². The van der Waals surface area contributed by atoms with E-state index in [1.807, 2.05) is 13.2 Å². The lowest BCUT2D eigenvalue weighted by atomic mass is 9.82. The van der Waals surface area contributed by atoms with E-state index >= 15 is 0 Å². The second kappa shape index (κ2) is 6.06. The van der Waals surface area contributed by atoms with Gasteiger partial charge in [-0.05, 0) is 33.7 Å². The van der Waals surface area contributed by atoms with Gasteiger partial charge in [-0.3, -0.25) is 0 Å². The van der Waals surface area contributed by atoms with E-state index in [-0.39, 0.29) is 0 Å². The van der Waals surface area contributed by atoms with Crippen LogP contribution in [0.4, 0.5) is 0 Å². The zero-order chi connectivity index (χ0) is 14.0. The highest BCUT2D eigenvalue weighted by Crippen LogP contribution is 2.35. The Morgan fingerprint density at radius 2 is 2.11 bits per heavy atom. The van der Waals surface area contributed by atoms with E-state index in [1.165, 1.54) is 5.82 Å². The summed E-state index contributed by atoms with van der Waals surface area (Å²) in [6.07, 6.45) is 5.58. The van der Waals surface area contributed by atoms with Crippen LogP contribution in [-0.4, -0.2) is 34.8 Å². The fourth-order valence-corrected chi connectivity index (χ4v) is 3.43. The molecule has 1 aliphatic heterocycles. The normalized spacial score (nSPS) is 32.7. The summed E-state index contributed by atoms with van der Waals surface area (Å²) in [6, 6.07) is 0.419. The van der Waals surface area contributed by atoms with Crippen LogP contribution in [0.1, 0.15) is 33.5 Å². The third-order valence-electron chi connectivity index (χ3n) is 4.70. The van der Waals surface area contributed by atoms with Gasteiger partial charge in [0.15, 0.2) is 0 Å². The van der Waals surface area contributed by atoms with Crippen LogP contribution in [0.25, 0.3) is 0 Å². The number of hydrogen-bond acceptors (Lipinski definition) is 3. The van der Waals surface area contributed by atoms with Gasteiger partial charge in [-0.15, -0.1) is 0 Å². The zero-order valence-electron chi connectivity index (χ0n) is 12.8. The SMILES string of the molecule is CCn1ccnc1CC(NC)C1C(C)OC(C)C1C. The second-order valence-electron chi connectivity index (χ2n) is 5.71. The molecule has 1 fully saturated rings.